The molecule has 29 heavy (non-hydrogen) atoms. The number of hydrazine groups is 1. The normalized spacial score (nSPS) is 13.4. The van der Waals surface area contributed by atoms with Crippen LogP contribution >= 0.6 is 11.6 Å². The number of nitrogens with one attached hydrogen (secondary N) is 1. The Morgan fingerprint density at radius 1 is 1.03 bits per heavy atom. The second-order valence-corrected chi connectivity index (χ2v) is 7.18. The molecule has 0 bridgehead atoms. The van der Waals surface area contributed by atoms with Gasteiger partial charge in [0.1, 0.15) is 0 Å². The molecule has 0 radical (unpaired) electrons. The number of nitrogens with zero attached hydrogens (tertiary/aromatic N) is 5. The number of hydrogen-bond donors (Lipinski definition) is 1. The van der Waals surface area contributed by atoms with E-state index in [4.69, 9.17) is 11.6 Å². The summed E-state index contributed by atoms with van der Waals surface area (Å²) >= 11 is 6.13. The molecule has 1 aliphatic heterocycles. The van der Waals surface area contributed by atoms with E-state index >= 15 is 0 Å². The zero-order valence-electron chi connectivity index (χ0n) is 15.6. The summed E-state index contributed by atoms with van der Waals surface area (Å²) in [6.07, 6.45) is 13.2. The maximum Gasteiger partial charge on any atom is 0.0918 e. The van der Waals surface area contributed by atoms with Crippen LogP contribution in [-0.2, 0) is 0 Å². The minimum Gasteiger partial charge on any atom is -0.292 e. The van der Waals surface area contributed by atoms with Crippen molar-refractivity contribution in [2.75, 3.05) is 5.01 Å². The van der Waals surface area contributed by atoms with Crippen LogP contribution in [-0.4, -0.2) is 19.7 Å². The Morgan fingerprint density at radius 3 is 2.86 bits per heavy atom. The molecule has 5 rings (SSSR count). The molecule has 0 saturated heterocycles. The van der Waals surface area contributed by atoms with Crippen LogP contribution in [0.1, 0.15) is 11.3 Å². The number of halogens is 1. The number of hydrogen-bond acceptors (Lipinski definition) is 5. The number of aromatic nitrogens is 4. The molecule has 1 aliphatic rings. The summed E-state index contributed by atoms with van der Waals surface area (Å²) in [4.78, 5) is 8.72. The highest BCUT2D eigenvalue weighted by molar-refractivity contribution is 6.31. The van der Waals surface area contributed by atoms with Crippen molar-refractivity contribution in [2.45, 2.75) is 6.92 Å². The fourth-order valence-corrected chi connectivity index (χ4v) is 3.55. The Bertz CT molecular complexity index is 1270. The molecule has 142 valence electrons. The second-order valence-electron chi connectivity index (χ2n) is 6.74. The molecule has 0 amide bonds. The Kier molecular flexibility index (Phi) is 4.26. The smallest absolute Gasteiger partial charge is 0.0918 e. The summed E-state index contributed by atoms with van der Waals surface area (Å²) in [6.45, 7) is 2.02. The third kappa shape index (κ3) is 3.23. The largest absolute Gasteiger partial charge is 0.292 e. The minimum atomic E-state index is 0.659. The van der Waals surface area contributed by atoms with Gasteiger partial charge in [0, 0.05) is 29.0 Å². The van der Waals surface area contributed by atoms with Gasteiger partial charge >= 0.3 is 0 Å². The van der Waals surface area contributed by atoms with Gasteiger partial charge < -0.3 is 0 Å². The van der Waals surface area contributed by atoms with E-state index in [0.717, 1.165) is 39.2 Å². The first-order valence-electron chi connectivity index (χ1n) is 9.14. The van der Waals surface area contributed by atoms with E-state index in [1.54, 1.807) is 12.4 Å². The highest BCUT2D eigenvalue weighted by Gasteiger charge is 2.16. The fraction of sp³-hybridized carbons (Fsp3) is 0.0455. The Morgan fingerprint density at radius 2 is 1.97 bits per heavy atom. The molecule has 1 aromatic carbocycles. The number of pyridine rings is 2. The first-order valence-corrected chi connectivity index (χ1v) is 9.52. The van der Waals surface area contributed by atoms with Gasteiger partial charge in [0.15, 0.2) is 0 Å². The summed E-state index contributed by atoms with van der Waals surface area (Å²) in [7, 11) is 0. The van der Waals surface area contributed by atoms with Crippen molar-refractivity contribution in [3.8, 4) is 5.69 Å². The predicted molar refractivity (Wildman–Crippen MR) is 116 cm³/mol. The zero-order chi connectivity index (χ0) is 19.8. The molecule has 1 N–H and O–H groups in total. The first-order chi connectivity index (χ1) is 14.2. The van der Waals surface area contributed by atoms with Gasteiger partial charge in [0.25, 0.3) is 0 Å². The maximum atomic E-state index is 6.13. The molecule has 4 heterocycles. The maximum absolute atomic E-state index is 6.13. The average molecular weight is 401 g/mol. The summed E-state index contributed by atoms with van der Waals surface area (Å²) in [5, 5.41) is 8.15. The van der Waals surface area contributed by atoms with E-state index in [1.807, 2.05) is 77.7 Å². The van der Waals surface area contributed by atoms with Crippen LogP contribution in [0.25, 0.3) is 22.3 Å². The summed E-state index contributed by atoms with van der Waals surface area (Å²) < 4.78 is 1.91. The molecule has 4 aromatic rings. The van der Waals surface area contributed by atoms with Crippen molar-refractivity contribution in [3.05, 3.63) is 95.8 Å². The molecule has 0 spiro atoms. The van der Waals surface area contributed by atoms with Crippen LogP contribution in [0.3, 0.4) is 0 Å². The summed E-state index contributed by atoms with van der Waals surface area (Å²) in [5.41, 5.74) is 9.12. The fourth-order valence-electron chi connectivity index (χ4n) is 3.38. The van der Waals surface area contributed by atoms with Crippen molar-refractivity contribution in [1.29, 1.82) is 0 Å². The van der Waals surface area contributed by atoms with Gasteiger partial charge in [0.2, 0.25) is 0 Å². The van der Waals surface area contributed by atoms with Crippen LogP contribution in [0.4, 0.5) is 5.69 Å². The van der Waals surface area contributed by atoms with Crippen molar-refractivity contribution >= 4 is 33.9 Å². The van der Waals surface area contributed by atoms with E-state index in [9.17, 15) is 0 Å². The third-order valence-electron chi connectivity index (χ3n) is 4.71. The predicted octanol–water partition coefficient (Wildman–Crippen LogP) is 4.66. The second kappa shape index (κ2) is 7.07. The zero-order valence-corrected chi connectivity index (χ0v) is 16.4. The van der Waals surface area contributed by atoms with E-state index in [0.29, 0.717) is 5.02 Å². The standard InChI is InChI=1S/C22H17ClN6/c1-15-11-17(14-24-13-15)28-10-2-3-19(27-28)22-7-9-26-29(22)21-6-8-25-20-12-16(23)4-5-18(20)21/h2-14,27H,1H3. The SMILES string of the molecule is Cc1cncc(N2C=CC=C(c3ccnn3-c3ccnc4cc(Cl)ccc34)N2)c1. The molecule has 0 unspecified atom stereocenters. The van der Waals surface area contributed by atoms with Gasteiger partial charge in [0.05, 0.1) is 40.7 Å². The molecule has 6 nitrogen and oxygen atoms in total. The van der Waals surface area contributed by atoms with Crippen molar-refractivity contribution in [2.24, 2.45) is 0 Å². The molecular weight excluding hydrogens is 384 g/mol. The average Bonchev–Trinajstić information content (AvgIpc) is 3.23. The first kappa shape index (κ1) is 17.5. The number of allylic oxidation sites excluding steroid dienone is 2. The van der Waals surface area contributed by atoms with E-state index in [2.05, 4.69) is 26.6 Å². The van der Waals surface area contributed by atoms with Gasteiger partial charge in [-0.2, -0.15) is 5.10 Å². The number of fused-ring (bicyclic) bond motifs is 1. The lowest BCUT2D eigenvalue weighted by atomic mass is 10.1. The molecule has 3 aromatic heterocycles. The summed E-state index contributed by atoms with van der Waals surface area (Å²) in [6, 6.07) is 11.7. The van der Waals surface area contributed by atoms with Gasteiger partial charge in [-0.25, -0.2) is 4.68 Å². The molecule has 0 fully saturated rings. The molecule has 0 saturated carbocycles. The monoisotopic (exact) mass is 400 g/mol. The van der Waals surface area contributed by atoms with Gasteiger partial charge in [-0.3, -0.25) is 20.4 Å². The van der Waals surface area contributed by atoms with E-state index < -0.39 is 0 Å². The number of anilines is 1. The lowest BCUT2D eigenvalue weighted by molar-refractivity contribution is 0.829. The third-order valence-corrected chi connectivity index (χ3v) is 4.94. The topological polar surface area (TPSA) is 58.9 Å². The Hall–Kier alpha value is -3.64. The van der Waals surface area contributed by atoms with Crippen molar-refractivity contribution in [3.63, 3.8) is 0 Å². The lowest BCUT2D eigenvalue weighted by Crippen LogP contribution is -2.34. The van der Waals surface area contributed by atoms with Crippen LogP contribution in [0.15, 0.2) is 79.5 Å². The van der Waals surface area contributed by atoms with Gasteiger partial charge in [-0.05, 0) is 61.0 Å². The minimum absolute atomic E-state index is 0.659. The number of aryl methyl sites for hydroxylation is 1. The van der Waals surface area contributed by atoms with E-state index in [-0.39, 0.29) is 0 Å². The highest BCUT2D eigenvalue weighted by atomic mass is 35.5. The van der Waals surface area contributed by atoms with Crippen molar-refractivity contribution in [1.82, 2.24) is 25.2 Å². The Balaban J connectivity index is 1.55. The van der Waals surface area contributed by atoms with Crippen LogP contribution < -0.4 is 10.4 Å². The van der Waals surface area contributed by atoms with E-state index in [1.165, 1.54) is 0 Å². The molecule has 0 atom stereocenters. The Labute approximate surface area is 172 Å². The number of benzene rings is 1. The molecule has 7 heteroatoms. The highest BCUT2D eigenvalue weighted by Crippen LogP contribution is 2.27. The summed E-state index contributed by atoms with van der Waals surface area (Å²) in [5.74, 6) is 0. The van der Waals surface area contributed by atoms with Crippen molar-refractivity contribution < 1.29 is 0 Å². The van der Waals surface area contributed by atoms with Gasteiger partial charge in [-0.1, -0.05) is 11.6 Å². The lowest BCUT2D eigenvalue weighted by Gasteiger charge is -2.27. The number of rotatable bonds is 3. The van der Waals surface area contributed by atoms with Crippen LogP contribution in [0.2, 0.25) is 5.02 Å². The van der Waals surface area contributed by atoms with Gasteiger partial charge in [-0.15, -0.1) is 0 Å². The molecular formula is C22H17ClN6. The quantitative estimate of drug-likeness (QED) is 0.542. The van der Waals surface area contributed by atoms with Crippen LogP contribution in [0, 0.1) is 6.92 Å². The van der Waals surface area contributed by atoms with Crippen LogP contribution in [0.5, 0.6) is 0 Å². The molecule has 0 aliphatic carbocycles.